The first kappa shape index (κ1) is 17.2. The summed E-state index contributed by atoms with van der Waals surface area (Å²) >= 11 is 1.56. The lowest BCUT2D eigenvalue weighted by molar-refractivity contribution is 0.565. The van der Waals surface area contributed by atoms with E-state index in [1.165, 1.54) is 0 Å². The molecular formula is C18H18N4O2S2. The number of tetrazole rings is 1. The molecule has 8 heteroatoms. The summed E-state index contributed by atoms with van der Waals surface area (Å²) in [5, 5.41) is 12.7. The van der Waals surface area contributed by atoms with Crippen molar-refractivity contribution < 1.29 is 8.42 Å². The van der Waals surface area contributed by atoms with Crippen LogP contribution in [0, 0.1) is 6.92 Å². The van der Waals surface area contributed by atoms with Gasteiger partial charge in [-0.1, -0.05) is 41.6 Å². The molecule has 0 N–H and O–H groups in total. The highest BCUT2D eigenvalue weighted by Gasteiger charge is 2.27. The van der Waals surface area contributed by atoms with E-state index in [4.69, 9.17) is 0 Å². The van der Waals surface area contributed by atoms with Crippen molar-refractivity contribution in [2.45, 2.75) is 46.5 Å². The maximum Gasteiger partial charge on any atom is 0.209 e. The van der Waals surface area contributed by atoms with E-state index >= 15 is 0 Å². The minimum atomic E-state index is -3.48. The van der Waals surface area contributed by atoms with Crippen LogP contribution in [0.4, 0.5) is 0 Å². The third-order valence-electron chi connectivity index (χ3n) is 4.29. The molecule has 0 bridgehead atoms. The highest BCUT2D eigenvalue weighted by Crippen LogP contribution is 2.37. The van der Waals surface area contributed by atoms with Crippen molar-refractivity contribution in [3.05, 3.63) is 59.7 Å². The van der Waals surface area contributed by atoms with Crippen LogP contribution >= 0.6 is 11.8 Å². The molecule has 0 saturated heterocycles. The Balaban J connectivity index is 1.47. The van der Waals surface area contributed by atoms with E-state index < -0.39 is 9.84 Å². The summed E-state index contributed by atoms with van der Waals surface area (Å²) in [6, 6.07) is 14.4. The van der Waals surface area contributed by atoms with Gasteiger partial charge in [0.15, 0.2) is 0 Å². The molecule has 1 heterocycles. The number of nitrogens with zero attached hydrogens (tertiary/aromatic N) is 4. The topological polar surface area (TPSA) is 77.7 Å². The van der Waals surface area contributed by atoms with E-state index in [1.54, 1.807) is 36.0 Å². The van der Waals surface area contributed by atoms with Crippen LogP contribution in [0.15, 0.2) is 63.5 Å². The number of rotatable bonds is 6. The Bertz CT molecular complexity index is 1010. The lowest BCUT2D eigenvalue weighted by atomic mass is 10.2. The number of benzene rings is 2. The van der Waals surface area contributed by atoms with Gasteiger partial charge < -0.3 is 0 Å². The Morgan fingerprint density at radius 2 is 1.65 bits per heavy atom. The second-order valence-electron chi connectivity index (χ2n) is 6.39. The average Bonchev–Trinajstić information content (AvgIpc) is 3.38. The molecule has 4 rings (SSSR count). The largest absolute Gasteiger partial charge is 0.219 e. The van der Waals surface area contributed by atoms with Gasteiger partial charge in [0.1, 0.15) is 0 Å². The Hall–Kier alpha value is -2.19. The first-order valence-electron chi connectivity index (χ1n) is 8.35. The highest BCUT2D eigenvalue weighted by molar-refractivity contribution is 7.98. The number of sulfone groups is 1. The molecule has 0 radical (unpaired) electrons. The number of hydrogen-bond acceptors (Lipinski definition) is 6. The van der Waals surface area contributed by atoms with Gasteiger partial charge in [-0.25, -0.2) is 13.1 Å². The molecule has 0 spiro atoms. The quantitative estimate of drug-likeness (QED) is 0.604. The summed E-state index contributed by atoms with van der Waals surface area (Å²) in [6.07, 6.45) is 2.26. The van der Waals surface area contributed by atoms with Crippen LogP contribution in [0.1, 0.15) is 30.0 Å². The highest BCUT2D eigenvalue weighted by atomic mass is 32.2. The van der Waals surface area contributed by atoms with Gasteiger partial charge in [-0.05, 0) is 60.0 Å². The van der Waals surface area contributed by atoms with Gasteiger partial charge in [-0.15, -0.1) is 5.10 Å². The van der Waals surface area contributed by atoms with Gasteiger partial charge in [0.25, 0.3) is 0 Å². The maximum atomic E-state index is 12.7. The Morgan fingerprint density at radius 1 is 1.04 bits per heavy atom. The minimum Gasteiger partial charge on any atom is -0.219 e. The molecule has 1 aliphatic rings. The van der Waals surface area contributed by atoms with Crippen molar-refractivity contribution in [1.29, 1.82) is 0 Å². The van der Waals surface area contributed by atoms with E-state index in [1.807, 2.05) is 35.9 Å². The van der Waals surface area contributed by atoms with E-state index in [9.17, 15) is 8.42 Å². The number of aryl methyl sites for hydroxylation is 1. The van der Waals surface area contributed by atoms with Crippen LogP contribution in [0.3, 0.4) is 0 Å². The number of thioether (sulfide) groups is 1. The monoisotopic (exact) mass is 386 g/mol. The zero-order valence-electron chi connectivity index (χ0n) is 14.2. The molecule has 0 aliphatic heterocycles. The third kappa shape index (κ3) is 3.52. The van der Waals surface area contributed by atoms with Crippen LogP contribution in [0.25, 0.3) is 0 Å². The van der Waals surface area contributed by atoms with Gasteiger partial charge in [0.05, 0.1) is 15.8 Å². The molecule has 1 saturated carbocycles. The normalized spacial score (nSPS) is 14.5. The summed E-state index contributed by atoms with van der Waals surface area (Å²) in [5.41, 5.74) is 2.06. The summed E-state index contributed by atoms with van der Waals surface area (Å²) < 4.78 is 27.3. The molecule has 0 amide bonds. The third-order valence-corrected chi connectivity index (χ3v) is 7.08. The second-order valence-corrected chi connectivity index (χ2v) is 9.28. The second kappa shape index (κ2) is 6.85. The van der Waals surface area contributed by atoms with Crippen molar-refractivity contribution in [2.75, 3.05) is 0 Å². The van der Waals surface area contributed by atoms with E-state index in [-0.39, 0.29) is 0 Å². The van der Waals surface area contributed by atoms with Gasteiger partial charge in [0, 0.05) is 5.75 Å². The lowest BCUT2D eigenvalue weighted by Crippen LogP contribution is -2.02. The minimum absolute atomic E-state index is 0.304. The predicted molar refractivity (Wildman–Crippen MR) is 98.7 cm³/mol. The molecule has 26 heavy (non-hydrogen) atoms. The van der Waals surface area contributed by atoms with Gasteiger partial charge in [-0.2, -0.15) is 0 Å². The standard InChI is InChI=1S/C18H18N4O2S2/c1-13-2-8-16(9-3-13)26(23,24)17-10-4-14(5-11-17)12-25-18-19-20-21-22(18)15-6-7-15/h2-5,8-11,15H,6-7,12H2,1H3. The fourth-order valence-electron chi connectivity index (χ4n) is 2.59. The summed E-state index contributed by atoms with van der Waals surface area (Å²) in [7, 11) is -3.48. The van der Waals surface area contributed by atoms with Gasteiger partial charge >= 0.3 is 0 Å². The van der Waals surface area contributed by atoms with Gasteiger partial charge in [0.2, 0.25) is 15.0 Å². The Kier molecular flexibility index (Phi) is 4.54. The van der Waals surface area contributed by atoms with Crippen molar-refractivity contribution in [3.63, 3.8) is 0 Å². The van der Waals surface area contributed by atoms with Crippen LogP contribution in [-0.2, 0) is 15.6 Å². The maximum absolute atomic E-state index is 12.7. The average molecular weight is 387 g/mol. The summed E-state index contributed by atoms with van der Waals surface area (Å²) in [5.74, 6) is 0.692. The molecule has 1 fully saturated rings. The number of hydrogen-bond donors (Lipinski definition) is 0. The molecule has 6 nitrogen and oxygen atoms in total. The summed E-state index contributed by atoms with van der Waals surface area (Å²) in [4.78, 5) is 0.617. The smallest absolute Gasteiger partial charge is 0.209 e. The molecule has 1 aromatic heterocycles. The van der Waals surface area contributed by atoms with Gasteiger partial charge in [-0.3, -0.25) is 0 Å². The summed E-state index contributed by atoms with van der Waals surface area (Å²) in [6.45, 7) is 1.93. The van der Waals surface area contributed by atoms with Crippen LogP contribution < -0.4 is 0 Å². The van der Waals surface area contributed by atoms with Crippen LogP contribution in [0.2, 0.25) is 0 Å². The van der Waals surface area contributed by atoms with Crippen molar-refractivity contribution in [3.8, 4) is 0 Å². The van der Waals surface area contributed by atoms with E-state index in [0.717, 1.165) is 29.1 Å². The predicted octanol–water partition coefficient (Wildman–Crippen LogP) is 3.44. The number of aromatic nitrogens is 4. The van der Waals surface area contributed by atoms with E-state index in [2.05, 4.69) is 15.5 Å². The van der Waals surface area contributed by atoms with Crippen LogP contribution in [0.5, 0.6) is 0 Å². The Morgan fingerprint density at radius 3 is 2.27 bits per heavy atom. The first-order valence-corrected chi connectivity index (χ1v) is 10.8. The van der Waals surface area contributed by atoms with E-state index in [0.29, 0.717) is 21.6 Å². The van der Waals surface area contributed by atoms with Crippen molar-refractivity contribution in [1.82, 2.24) is 20.2 Å². The molecule has 0 unspecified atom stereocenters. The van der Waals surface area contributed by atoms with Crippen molar-refractivity contribution in [2.24, 2.45) is 0 Å². The van der Waals surface area contributed by atoms with Crippen molar-refractivity contribution >= 4 is 21.6 Å². The molecular weight excluding hydrogens is 368 g/mol. The zero-order chi connectivity index (χ0) is 18.1. The lowest BCUT2D eigenvalue weighted by Gasteiger charge is -2.07. The molecule has 3 aromatic rings. The first-order chi connectivity index (χ1) is 12.5. The molecule has 134 valence electrons. The van der Waals surface area contributed by atoms with Crippen LogP contribution in [-0.4, -0.2) is 28.6 Å². The SMILES string of the molecule is Cc1ccc(S(=O)(=O)c2ccc(CSc3nnnn3C3CC3)cc2)cc1. The fraction of sp³-hybridized carbons (Fsp3) is 0.278. The zero-order valence-corrected chi connectivity index (χ0v) is 15.9. The molecule has 2 aromatic carbocycles. The molecule has 0 atom stereocenters. The molecule has 1 aliphatic carbocycles. The Labute approximate surface area is 156 Å². The fourth-order valence-corrected chi connectivity index (χ4v) is 4.76.